The van der Waals surface area contributed by atoms with Crippen LogP contribution in [0.25, 0.3) is 0 Å². The number of guanidine groups is 1. The fourth-order valence-electron chi connectivity index (χ4n) is 2.29. The number of nitrogens with one attached hydrogen (secondary N) is 2. The number of pyridine rings is 1. The van der Waals surface area contributed by atoms with Gasteiger partial charge in [0.1, 0.15) is 5.75 Å². The lowest BCUT2D eigenvalue weighted by Crippen LogP contribution is -2.30. The Balaban J connectivity index is 0.00000364. The van der Waals surface area contributed by atoms with E-state index >= 15 is 0 Å². The minimum absolute atomic E-state index is 0. The van der Waals surface area contributed by atoms with E-state index in [1.54, 1.807) is 27.5 Å². The number of methoxy groups -OCH3 is 2. The molecule has 2 N–H and O–H groups in total. The maximum atomic E-state index is 5.72. The fraction of sp³-hybridized carbons (Fsp3) is 0.368. The van der Waals surface area contributed by atoms with Gasteiger partial charge in [0.15, 0.2) is 5.96 Å². The molecule has 8 heteroatoms. The molecule has 7 nitrogen and oxygen atoms in total. The molecule has 1 heterocycles. The number of aromatic nitrogens is 1. The third-order valence-corrected chi connectivity index (χ3v) is 3.57. The van der Waals surface area contributed by atoms with Gasteiger partial charge in [0, 0.05) is 57.2 Å². The van der Waals surface area contributed by atoms with Gasteiger partial charge in [0.25, 0.3) is 0 Å². The Labute approximate surface area is 177 Å². The molecule has 1 aromatic heterocycles. The standard InChI is InChI=1S/C19H26N4O3.HI/c1-20-19(22-14-15-7-5-10-21-18(15)25-3)23-16-8-4-9-17(13-16)26-12-6-11-24-2;/h4-5,7-10,13H,6,11-12,14H2,1-3H3,(H2,20,22,23);1H. The molecule has 0 aliphatic carbocycles. The van der Waals surface area contributed by atoms with Gasteiger partial charge in [-0.05, 0) is 18.2 Å². The Morgan fingerprint density at radius 3 is 2.74 bits per heavy atom. The van der Waals surface area contributed by atoms with Crippen LogP contribution in [0.5, 0.6) is 11.6 Å². The minimum Gasteiger partial charge on any atom is -0.493 e. The monoisotopic (exact) mass is 486 g/mol. The van der Waals surface area contributed by atoms with Crippen molar-refractivity contribution in [2.24, 2.45) is 4.99 Å². The molecule has 0 spiro atoms. The van der Waals surface area contributed by atoms with Crippen molar-refractivity contribution >= 4 is 35.6 Å². The summed E-state index contributed by atoms with van der Waals surface area (Å²) in [5, 5.41) is 6.50. The maximum absolute atomic E-state index is 5.72. The van der Waals surface area contributed by atoms with Crippen LogP contribution in [0.4, 0.5) is 5.69 Å². The van der Waals surface area contributed by atoms with E-state index in [1.165, 1.54) is 0 Å². The topological polar surface area (TPSA) is 77.0 Å². The number of aliphatic imine (C=N–C) groups is 1. The molecule has 0 atom stereocenters. The Morgan fingerprint density at radius 2 is 2.00 bits per heavy atom. The van der Waals surface area contributed by atoms with Gasteiger partial charge in [0.05, 0.1) is 13.7 Å². The number of halogens is 1. The molecule has 0 aliphatic rings. The number of hydrogen-bond donors (Lipinski definition) is 2. The summed E-state index contributed by atoms with van der Waals surface area (Å²) >= 11 is 0. The minimum atomic E-state index is 0. The van der Waals surface area contributed by atoms with E-state index in [0.29, 0.717) is 31.6 Å². The molecule has 0 fully saturated rings. The normalized spacial score (nSPS) is 10.7. The first-order chi connectivity index (χ1) is 12.8. The van der Waals surface area contributed by atoms with Crippen molar-refractivity contribution in [1.82, 2.24) is 10.3 Å². The first-order valence-electron chi connectivity index (χ1n) is 8.44. The fourth-order valence-corrected chi connectivity index (χ4v) is 2.29. The summed E-state index contributed by atoms with van der Waals surface area (Å²) in [6, 6.07) is 11.6. The number of anilines is 1. The molecule has 0 bridgehead atoms. The SMILES string of the molecule is CN=C(NCc1cccnc1OC)Nc1cccc(OCCCOC)c1.I. The summed E-state index contributed by atoms with van der Waals surface area (Å²) in [6.45, 7) is 1.85. The van der Waals surface area contributed by atoms with Gasteiger partial charge in [-0.15, -0.1) is 24.0 Å². The Kier molecular flexibility index (Phi) is 11.2. The highest BCUT2D eigenvalue weighted by atomic mass is 127. The van der Waals surface area contributed by atoms with Crippen molar-refractivity contribution in [1.29, 1.82) is 0 Å². The molecule has 0 unspecified atom stereocenters. The summed E-state index contributed by atoms with van der Waals surface area (Å²) in [6.07, 6.45) is 2.55. The number of rotatable bonds is 9. The highest BCUT2D eigenvalue weighted by Crippen LogP contribution is 2.18. The molecule has 0 amide bonds. The summed E-state index contributed by atoms with van der Waals surface area (Å²) in [7, 11) is 5.02. The lowest BCUT2D eigenvalue weighted by atomic mass is 10.2. The molecule has 0 radical (unpaired) electrons. The van der Waals surface area contributed by atoms with Gasteiger partial charge in [-0.2, -0.15) is 0 Å². The molecule has 0 saturated heterocycles. The van der Waals surface area contributed by atoms with Crippen molar-refractivity contribution in [3.05, 3.63) is 48.2 Å². The van der Waals surface area contributed by atoms with Crippen LogP contribution in [0.1, 0.15) is 12.0 Å². The van der Waals surface area contributed by atoms with Crippen LogP contribution in [0.3, 0.4) is 0 Å². The summed E-state index contributed by atoms with van der Waals surface area (Å²) < 4.78 is 16.0. The van der Waals surface area contributed by atoms with Gasteiger partial charge in [-0.1, -0.05) is 12.1 Å². The predicted molar refractivity (Wildman–Crippen MR) is 118 cm³/mol. The lowest BCUT2D eigenvalue weighted by molar-refractivity contribution is 0.172. The van der Waals surface area contributed by atoms with Crippen LogP contribution < -0.4 is 20.1 Å². The van der Waals surface area contributed by atoms with Crippen molar-refractivity contribution in [3.63, 3.8) is 0 Å². The van der Waals surface area contributed by atoms with Gasteiger partial charge in [0.2, 0.25) is 5.88 Å². The van der Waals surface area contributed by atoms with Crippen LogP contribution in [0, 0.1) is 0 Å². The predicted octanol–water partition coefficient (Wildman–Crippen LogP) is 3.31. The number of hydrogen-bond acceptors (Lipinski definition) is 5. The van der Waals surface area contributed by atoms with Gasteiger partial charge in [-0.25, -0.2) is 4.98 Å². The Bertz CT molecular complexity index is 713. The zero-order valence-electron chi connectivity index (χ0n) is 15.9. The third-order valence-electron chi connectivity index (χ3n) is 3.57. The molecule has 27 heavy (non-hydrogen) atoms. The van der Waals surface area contributed by atoms with Crippen LogP contribution in [0.15, 0.2) is 47.6 Å². The van der Waals surface area contributed by atoms with E-state index in [9.17, 15) is 0 Å². The number of benzene rings is 1. The molecule has 2 aromatic rings. The smallest absolute Gasteiger partial charge is 0.218 e. The Morgan fingerprint density at radius 1 is 1.15 bits per heavy atom. The van der Waals surface area contributed by atoms with E-state index in [4.69, 9.17) is 14.2 Å². The van der Waals surface area contributed by atoms with Crippen LogP contribution in [-0.4, -0.2) is 45.4 Å². The molecular formula is C19H27IN4O3. The van der Waals surface area contributed by atoms with Crippen LogP contribution in [0.2, 0.25) is 0 Å². The molecule has 1 aromatic carbocycles. The van der Waals surface area contributed by atoms with Crippen molar-refractivity contribution in [3.8, 4) is 11.6 Å². The van der Waals surface area contributed by atoms with Gasteiger partial charge < -0.3 is 24.8 Å². The summed E-state index contributed by atoms with van der Waals surface area (Å²) in [4.78, 5) is 8.44. The van der Waals surface area contributed by atoms with E-state index in [1.807, 2.05) is 36.4 Å². The third kappa shape index (κ3) is 8.00. The number of ether oxygens (including phenoxy) is 3. The highest BCUT2D eigenvalue weighted by Gasteiger charge is 2.05. The molecular weight excluding hydrogens is 459 g/mol. The van der Waals surface area contributed by atoms with E-state index in [0.717, 1.165) is 23.4 Å². The van der Waals surface area contributed by atoms with Crippen LogP contribution in [-0.2, 0) is 11.3 Å². The first kappa shape index (κ1) is 23.0. The quantitative estimate of drug-likeness (QED) is 0.245. The van der Waals surface area contributed by atoms with Gasteiger partial charge >= 0.3 is 0 Å². The average molecular weight is 486 g/mol. The summed E-state index contributed by atoms with van der Waals surface area (Å²) in [5.74, 6) is 2.05. The van der Waals surface area contributed by atoms with E-state index < -0.39 is 0 Å². The molecule has 0 aliphatic heterocycles. The number of nitrogens with zero attached hydrogens (tertiary/aromatic N) is 2. The van der Waals surface area contributed by atoms with Crippen molar-refractivity contribution in [2.75, 3.05) is 39.8 Å². The maximum Gasteiger partial charge on any atom is 0.218 e. The second-order valence-corrected chi connectivity index (χ2v) is 5.45. The summed E-state index contributed by atoms with van der Waals surface area (Å²) in [5.41, 5.74) is 1.84. The molecule has 2 rings (SSSR count). The average Bonchev–Trinajstić information content (AvgIpc) is 2.69. The zero-order chi connectivity index (χ0) is 18.6. The van der Waals surface area contributed by atoms with Crippen LogP contribution >= 0.6 is 24.0 Å². The highest BCUT2D eigenvalue weighted by molar-refractivity contribution is 14.0. The van der Waals surface area contributed by atoms with Crippen molar-refractivity contribution < 1.29 is 14.2 Å². The van der Waals surface area contributed by atoms with E-state index in [-0.39, 0.29) is 24.0 Å². The first-order valence-corrected chi connectivity index (χ1v) is 8.44. The second-order valence-electron chi connectivity index (χ2n) is 5.45. The van der Waals surface area contributed by atoms with Crippen molar-refractivity contribution in [2.45, 2.75) is 13.0 Å². The Hall–Kier alpha value is -2.07. The van der Waals surface area contributed by atoms with E-state index in [2.05, 4.69) is 20.6 Å². The lowest BCUT2D eigenvalue weighted by Gasteiger charge is -2.14. The zero-order valence-corrected chi connectivity index (χ0v) is 18.2. The molecule has 0 saturated carbocycles. The second kappa shape index (κ2) is 13.2. The molecule has 148 valence electrons. The largest absolute Gasteiger partial charge is 0.493 e. The van der Waals surface area contributed by atoms with Gasteiger partial charge in [-0.3, -0.25) is 4.99 Å².